The molecule has 0 radical (unpaired) electrons. The van der Waals surface area contributed by atoms with E-state index in [1.54, 1.807) is 11.4 Å². The van der Waals surface area contributed by atoms with Crippen LogP contribution >= 0.6 is 0 Å². The Morgan fingerprint density at radius 2 is 0.966 bits per heavy atom. The molecule has 1 aliphatic heterocycles. The van der Waals surface area contributed by atoms with E-state index in [4.69, 9.17) is 0 Å². The minimum atomic E-state index is 1.09. The van der Waals surface area contributed by atoms with Gasteiger partial charge in [0.05, 0.1) is 13.1 Å². The molecule has 0 aliphatic carbocycles. The Labute approximate surface area is 179 Å². The number of hydrogen-bond donors (Lipinski definition) is 0. The summed E-state index contributed by atoms with van der Waals surface area (Å²) in [6.07, 6.45) is 13.6. The molecule has 1 heterocycles. The number of unbranched alkanes of at least 4 members (excludes halogenated alkanes) is 8. The van der Waals surface area contributed by atoms with Crippen LogP contribution in [-0.4, -0.2) is 13.1 Å². The number of hydrogen-bond acceptors (Lipinski definition) is 0. The quantitative estimate of drug-likeness (QED) is 0.250. The average Bonchev–Trinajstić information content (AvgIpc) is 2.96. The van der Waals surface area contributed by atoms with Crippen molar-refractivity contribution in [3.63, 3.8) is 0 Å². The van der Waals surface area contributed by atoms with Gasteiger partial charge >= 0.3 is 0 Å². The molecule has 2 aromatic carbocycles. The summed E-state index contributed by atoms with van der Waals surface area (Å²) in [6, 6.07) is 14.3. The lowest BCUT2D eigenvalue weighted by molar-refractivity contribution is 0.361. The lowest BCUT2D eigenvalue weighted by atomic mass is 10.0. The molecule has 0 unspecified atom stereocenters. The first-order chi connectivity index (χ1) is 14.1. The second-order valence-corrected chi connectivity index (χ2v) is 9.28. The molecule has 0 saturated carbocycles. The van der Waals surface area contributed by atoms with Gasteiger partial charge in [-0.3, -0.25) is 4.48 Å². The Balaban J connectivity index is 1.93. The molecule has 0 fully saturated rings. The normalized spacial score (nSPS) is 14.1. The smallest absolute Gasteiger partial charge is 0.146 e. The van der Waals surface area contributed by atoms with E-state index >= 15 is 0 Å². The fourth-order valence-corrected chi connectivity index (χ4v) is 5.14. The van der Waals surface area contributed by atoms with Crippen LogP contribution in [0.15, 0.2) is 36.4 Å². The zero-order chi connectivity index (χ0) is 20.7. The van der Waals surface area contributed by atoms with E-state index < -0.39 is 0 Å². The zero-order valence-corrected chi connectivity index (χ0v) is 19.4. The maximum Gasteiger partial charge on any atom is 0.146 e. The van der Waals surface area contributed by atoms with Crippen molar-refractivity contribution in [3.8, 4) is 11.1 Å². The highest BCUT2D eigenvalue weighted by Gasteiger charge is 2.43. The van der Waals surface area contributed by atoms with Gasteiger partial charge in [-0.2, -0.15) is 0 Å². The van der Waals surface area contributed by atoms with Crippen molar-refractivity contribution in [3.05, 3.63) is 47.5 Å². The molecule has 2 aromatic rings. The van der Waals surface area contributed by atoms with Gasteiger partial charge in [-0.25, -0.2) is 0 Å². The minimum absolute atomic E-state index is 1.09. The standard InChI is InChI=1S/C28H42N/c1-5-7-9-11-13-19-29(20-14-12-10-8-6-2)27-21-23(3)15-17-25(27)26-18-16-24(4)22-28(26)29/h15-18,21-22H,5-14,19-20H2,1-4H3/q+1. The van der Waals surface area contributed by atoms with E-state index in [1.165, 1.54) is 99.6 Å². The zero-order valence-electron chi connectivity index (χ0n) is 19.4. The maximum atomic E-state index is 2.49. The highest BCUT2D eigenvalue weighted by Crippen LogP contribution is 2.53. The van der Waals surface area contributed by atoms with Gasteiger partial charge < -0.3 is 0 Å². The first kappa shape index (κ1) is 22.1. The lowest BCUT2D eigenvalue weighted by Crippen LogP contribution is -2.44. The summed E-state index contributed by atoms with van der Waals surface area (Å²) < 4.78 is 1.09. The van der Waals surface area contributed by atoms with Crippen LogP contribution < -0.4 is 4.48 Å². The minimum Gasteiger partial charge on any atom is -0.258 e. The van der Waals surface area contributed by atoms with E-state index in [2.05, 4.69) is 64.1 Å². The third-order valence-electron chi connectivity index (χ3n) is 6.81. The molecule has 3 rings (SSSR count). The predicted molar refractivity (Wildman–Crippen MR) is 130 cm³/mol. The van der Waals surface area contributed by atoms with Crippen LogP contribution in [0.4, 0.5) is 11.4 Å². The summed E-state index contributed by atoms with van der Waals surface area (Å²) in [6.45, 7) is 11.6. The molecule has 1 nitrogen and oxygen atoms in total. The molecule has 1 heteroatoms. The van der Waals surface area contributed by atoms with Gasteiger partial charge in [0, 0.05) is 23.3 Å². The molecule has 0 atom stereocenters. The molecule has 0 aromatic heterocycles. The second kappa shape index (κ2) is 10.4. The van der Waals surface area contributed by atoms with Gasteiger partial charge in [0.2, 0.25) is 0 Å². The van der Waals surface area contributed by atoms with E-state index in [1.807, 2.05) is 0 Å². The Morgan fingerprint density at radius 3 is 1.38 bits per heavy atom. The summed E-state index contributed by atoms with van der Waals surface area (Å²) in [5.41, 5.74) is 8.88. The van der Waals surface area contributed by atoms with Crippen LogP contribution in [0.3, 0.4) is 0 Å². The molecule has 0 bridgehead atoms. The average molecular weight is 393 g/mol. The number of aryl methyl sites for hydroxylation is 2. The summed E-state index contributed by atoms with van der Waals surface area (Å²) >= 11 is 0. The number of benzene rings is 2. The lowest BCUT2D eigenvalue weighted by Gasteiger charge is -2.36. The first-order valence-corrected chi connectivity index (χ1v) is 12.2. The Hall–Kier alpha value is -1.60. The van der Waals surface area contributed by atoms with Gasteiger partial charge in [0.25, 0.3) is 0 Å². The van der Waals surface area contributed by atoms with Crippen molar-refractivity contribution in [1.82, 2.24) is 4.48 Å². The highest BCUT2D eigenvalue weighted by molar-refractivity contribution is 5.95. The molecule has 0 amide bonds. The Morgan fingerprint density at radius 1 is 0.552 bits per heavy atom. The molecule has 1 aliphatic rings. The van der Waals surface area contributed by atoms with Crippen LogP contribution in [0.1, 0.15) is 89.2 Å². The number of nitrogens with zero attached hydrogens (tertiary/aromatic N) is 1. The van der Waals surface area contributed by atoms with E-state index in [-0.39, 0.29) is 0 Å². The summed E-state index contributed by atoms with van der Waals surface area (Å²) in [5, 5.41) is 0. The van der Waals surface area contributed by atoms with Gasteiger partial charge in [0.15, 0.2) is 0 Å². The molecule has 29 heavy (non-hydrogen) atoms. The molecular formula is C28H42N+. The van der Waals surface area contributed by atoms with Crippen molar-refractivity contribution in [2.45, 2.75) is 91.9 Å². The fraction of sp³-hybridized carbons (Fsp3) is 0.571. The third-order valence-corrected chi connectivity index (χ3v) is 6.81. The van der Waals surface area contributed by atoms with Crippen LogP contribution in [0.25, 0.3) is 11.1 Å². The molecular weight excluding hydrogens is 350 g/mol. The summed E-state index contributed by atoms with van der Waals surface area (Å²) in [7, 11) is 0. The topological polar surface area (TPSA) is 0 Å². The molecule has 0 saturated heterocycles. The van der Waals surface area contributed by atoms with Crippen molar-refractivity contribution in [1.29, 1.82) is 0 Å². The van der Waals surface area contributed by atoms with Crippen LogP contribution in [0, 0.1) is 13.8 Å². The van der Waals surface area contributed by atoms with Crippen LogP contribution in [-0.2, 0) is 0 Å². The van der Waals surface area contributed by atoms with Gasteiger partial charge in [-0.1, -0.05) is 64.5 Å². The van der Waals surface area contributed by atoms with Crippen molar-refractivity contribution < 1.29 is 0 Å². The largest absolute Gasteiger partial charge is 0.258 e. The molecule has 0 spiro atoms. The maximum absolute atomic E-state index is 2.49. The van der Waals surface area contributed by atoms with Crippen LogP contribution in [0.5, 0.6) is 0 Å². The van der Waals surface area contributed by atoms with E-state index in [0.29, 0.717) is 0 Å². The van der Waals surface area contributed by atoms with Gasteiger partial charge in [-0.05, 0) is 62.8 Å². The third kappa shape index (κ3) is 4.94. The fourth-order valence-electron chi connectivity index (χ4n) is 5.14. The van der Waals surface area contributed by atoms with E-state index in [0.717, 1.165) is 4.48 Å². The monoisotopic (exact) mass is 392 g/mol. The number of rotatable bonds is 12. The van der Waals surface area contributed by atoms with Gasteiger partial charge in [-0.15, -0.1) is 0 Å². The summed E-state index contributed by atoms with van der Waals surface area (Å²) in [4.78, 5) is 0. The van der Waals surface area contributed by atoms with Crippen molar-refractivity contribution in [2.24, 2.45) is 0 Å². The van der Waals surface area contributed by atoms with Crippen molar-refractivity contribution in [2.75, 3.05) is 13.1 Å². The highest BCUT2D eigenvalue weighted by atomic mass is 15.4. The SMILES string of the molecule is CCCCCCC[N+]1(CCCCCCC)c2cc(C)ccc2-c2ccc(C)cc21. The van der Waals surface area contributed by atoms with Crippen molar-refractivity contribution >= 4 is 11.4 Å². The number of fused-ring (bicyclic) bond motifs is 3. The Kier molecular flexibility index (Phi) is 7.95. The Bertz CT molecular complexity index is 721. The molecule has 158 valence electrons. The second-order valence-electron chi connectivity index (χ2n) is 9.28. The number of quaternary nitrogens is 1. The predicted octanol–water partition coefficient (Wildman–Crippen LogP) is 8.86. The molecule has 0 N–H and O–H groups in total. The van der Waals surface area contributed by atoms with Crippen LogP contribution in [0.2, 0.25) is 0 Å². The van der Waals surface area contributed by atoms with Gasteiger partial charge in [0.1, 0.15) is 11.4 Å². The summed E-state index contributed by atoms with van der Waals surface area (Å²) in [5.74, 6) is 0. The first-order valence-electron chi connectivity index (χ1n) is 12.2. The van der Waals surface area contributed by atoms with E-state index in [9.17, 15) is 0 Å².